The monoisotopic (exact) mass is 510 g/mol. The molecule has 192 valence electrons. The number of aromatic nitrogens is 3. The lowest BCUT2D eigenvalue weighted by atomic mass is 9.83. The number of nitrogens with one attached hydrogen (secondary N) is 1. The van der Waals surface area contributed by atoms with Crippen LogP contribution in [0.5, 0.6) is 0 Å². The molecule has 2 N–H and O–H groups in total. The summed E-state index contributed by atoms with van der Waals surface area (Å²) in [5.74, 6) is -1.73. The number of rotatable bonds is 7. The van der Waals surface area contributed by atoms with Gasteiger partial charge in [-0.3, -0.25) is 9.55 Å². The first-order valence-corrected chi connectivity index (χ1v) is 12.1. The second-order valence-electron chi connectivity index (χ2n) is 8.78. The first-order valence-electron chi connectivity index (χ1n) is 12.1. The van der Waals surface area contributed by atoms with Crippen molar-refractivity contribution >= 4 is 34.7 Å². The Morgan fingerprint density at radius 1 is 1.16 bits per heavy atom. The summed E-state index contributed by atoms with van der Waals surface area (Å²) in [6, 6.07) is 11.3. The Bertz CT molecular complexity index is 1610. The topological polar surface area (TPSA) is 119 Å². The summed E-state index contributed by atoms with van der Waals surface area (Å²) >= 11 is 0. The molecule has 9 nitrogen and oxygen atoms in total. The Balaban J connectivity index is 1.62. The standard InChI is InChI=1S/C29H26N4O5/c1-4-38-29(36)26-22(10-5-19-12-14-37-16-19)25(28(34)35)17(2)31-27(26)20-6-8-21(9-7-20)33-18(3)32-23-15-30-13-11-24(23)33/h5-16,22,31H,4H2,1-3H3,(H,34,35)/b10-5+. The number of carbonyl (C=O) groups excluding carboxylic acids is 1. The minimum atomic E-state index is -1.12. The fourth-order valence-corrected chi connectivity index (χ4v) is 4.74. The van der Waals surface area contributed by atoms with Crippen molar-refractivity contribution in [3.05, 3.63) is 101 Å². The number of pyridine rings is 1. The van der Waals surface area contributed by atoms with Crippen molar-refractivity contribution in [2.45, 2.75) is 20.8 Å². The zero-order valence-electron chi connectivity index (χ0n) is 21.1. The maximum absolute atomic E-state index is 13.3. The van der Waals surface area contributed by atoms with E-state index in [1.54, 1.807) is 50.7 Å². The van der Waals surface area contributed by atoms with Gasteiger partial charge in [0.1, 0.15) is 11.3 Å². The number of aryl methyl sites for hydroxylation is 1. The van der Waals surface area contributed by atoms with Crippen molar-refractivity contribution in [1.29, 1.82) is 0 Å². The second kappa shape index (κ2) is 10.2. The Kier molecular flexibility index (Phi) is 6.66. The predicted molar refractivity (Wildman–Crippen MR) is 142 cm³/mol. The molecule has 9 heteroatoms. The van der Waals surface area contributed by atoms with Gasteiger partial charge >= 0.3 is 11.9 Å². The van der Waals surface area contributed by atoms with E-state index in [-0.39, 0.29) is 17.8 Å². The molecular weight excluding hydrogens is 484 g/mol. The highest BCUT2D eigenvalue weighted by Gasteiger charge is 2.36. The molecule has 5 rings (SSSR count). The van der Waals surface area contributed by atoms with Gasteiger partial charge < -0.3 is 19.6 Å². The zero-order valence-corrected chi connectivity index (χ0v) is 21.1. The number of esters is 1. The molecule has 1 unspecified atom stereocenters. The average Bonchev–Trinajstić information content (AvgIpc) is 3.54. The summed E-state index contributed by atoms with van der Waals surface area (Å²) in [6.45, 7) is 5.48. The first kappa shape index (κ1) is 24.8. The maximum atomic E-state index is 13.3. The molecular formula is C29H26N4O5. The van der Waals surface area contributed by atoms with Crippen LogP contribution in [0.15, 0.2) is 88.7 Å². The highest BCUT2D eigenvalue weighted by molar-refractivity contribution is 6.04. The Morgan fingerprint density at radius 3 is 2.63 bits per heavy atom. The number of carboxylic acids is 1. The first-order chi connectivity index (χ1) is 18.4. The lowest BCUT2D eigenvalue weighted by Crippen LogP contribution is -2.32. The normalized spacial score (nSPS) is 15.8. The van der Waals surface area contributed by atoms with Crippen molar-refractivity contribution in [2.75, 3.05) is 6.61 Å². The van der Waals surface area contributed by atoms with Gasteiger partial charge in [0.15, 0.2) is 0 Å². The van der Waals surface area contributed by atoms with Crippen molar-refractivity contribution in [1.82, 2.24) is 19.9 Å². The number of imidazole rings is 1. The molecule has 0 saturated carbocycles. The molecule has 1 aromatic carbocycles. The molecule has 1 atom stereocenters. The summed E-state index contributed by atoms with van der Waals surface area (Å²) in [4.78, 5) is 34.3. The van der Waals surface area contributed by atoms with Crippen LogP contribution in [0.4, 0.5) is 0 Å². The molecule has 4 aromatic rings. The van der Waals surface area contributed by atoms with E-state index in [4.69, 9.17) is 9.15 Å². The van der Waals surface area contributed by atoms with Crippen LogP contribution in [0.2, 0.25) is 0 Å². The van der Waals surface area contributed by atoms with Crippen LogP contribution in [-0.2, 0) is 14.3 Å². The van der Waals surface area contributed by atoms with E-state index in [2.05, 4.69) is 15.3 Å². The lowest BCUT2D eigenvalue weighted by Gasteiger charge is -2.29. The minimum Gasteiger partial charge on any atom is -0.478 e. The molecule has 0 aliphatic carbocycles. The van der Waals surface area contributed by atoms with E-state index in [9.17, 15) is 14.7 Å². The predicted octanol–water partition coefficient (Wildman–Crippen LogP) is 4.89. The number of dihydropyridines is 1. The fourth-order valence-electron chi connectivity index (χ4n) is 4.74. The van der Waals surface area contributed by atoms with E-state index in [1.165, 1.54) is 6.26 Å². The molecule has 0 fully saturated rings. The van der Waals surface area contributed by atoms with E-state index >= 15 is 0 Å². The van der Waals surface area contributed by atoms with Crippen molar-refractivity contribution < 1.29 is 23.8 Å². The van der Waals surface area contributed by atoms with Crippen LogP contribution in [-0.4, -0.2) is 38.2 Å². The number of nitrogens with zero attached hydrogens (tertiary/aromatic N) is 3. The van der Waals surface area contributed by atoms with Gasteiger partial charge in [-0.2, -0.15) is 0 Å². The number of hydrogen-bond donors (Lipinski definition) is 2. The molecule has 3 aromatic heterocycles. The number of benzene rings is 1. The van der Waals surface area contributed by atoms with Crippen molar-refractivity contribution in [2.24, 2.45) is 5.92 Å². The molecule has 0 saturated heterocycles. The van der Waals surface area contributed by atoms with Gasteiger partial charge in [0.25, 0.3) is 0 Å². The summed E-state index contributed by atoms with van der Waals surface area (Å²) in [6.07, 6.45) is 9.94. The number of fused-ring (bicyclic) bond motifs is 1. The molecule has 4 heterocycles. The number of aliphatic carboxylic acids is 1. The molecule has 0 spiro atoms. The third kappa shape index (κ3) is 4.50. The van der Waals surface area contributed by atoms with Crippen LogP contribution >= 0.6 is 0 Å². The third-order valence-electron chi connectivity index (χ3n) is 6.40. The van der Waals surface area contributed by atoms with Crippen LogP contribution in [0, 0.1) is 12.8 Å². The van der Waals surface area contributed by atoms with Gasteiger partial charge in [-0.25, -0.2) is 14.6 Å². The minimum absolute atomic E-state index is 0.0716. The number of ether oxygens (including phenoxy) is 1. The second-order valence-corrected chi connectivity index (χ2v) is 8.78. The number of carbonyl (C=O) groups is 2. The summed E-state index contributed by atoms with van der Waals surface area (Å²) in [5.41, 5.74) is 5.31. The molecule has 1 aliphatic rings. The summed E-state index contributed by atoms with van der Waals surface area (Å²) in [5, 5.41) is 13.2. The number of hydrogen-bond acceptors (Lipinski definition) is 7. The smallest absolute Gasteiger partial charge is 0.337 e. The molecule has 0 bridgehead atoms. The van der Waals surface area contributed by atoms with E-state index < -0.39 is 17.9 Å². The Morgan fingerprint density at radius 2 is 1.95 bits per heavy atom. The number of carboxylic acid groups (broad SMARTS) is 1. The Hall–Kier alpha value is -4.92. The van der Waals surface area contributed by atoms with Crippen LogP contribution < -0.4 is 5.32 Å². The lowest BCUT2D eigenvalue weighted by molar-refractivity contribution is -0.138. The SMILES string of the molecule is CCOC(=O)C1=C(c2ccc(-n3c(C)nc4cnccc43)cc2)NC(C)=C(C(=O)O)C1/C=C/c1ccoc1. The number of furan rings is 1. The average molecular weight is 511 g/mol. The molecule has 1 aliphatic heterocycles. The Labute approximate surface area is 218 Å². The van der Waals surface area contributed by atoms with Crippen LogP contribution in [0.1, 0.15) is 30.8 Å². The summed E-state index contributed by atoms with van der Waals surface area (Å²) < 4.78 is 12.5. The van der Waals surface area contributed by atoms with Gasteiger partial charge in [0.2, 0.25) is 0 Å². The molecule has 0 radical (unpaired) electrons. The zero-order chi connectivity index (χ0) is 26.8. The van der Waals surface area contributed by atoms with Gasteiger partial charge in [-0.05, 0) is 50.6 Å². The van der Waals surface area contributed by atoms with Crippen LogP contribution in [0.3, 0.4) is 0 Å². The third-order valence-corrected chi connectivity index (χ3v) is 6.40. The summed E-state index contributed by atoms with van der Waals surface area (Å²) in [7, 11) is 0. The maximum Gasteiger partial charge on any atom is 0.337 e. The quantitative estimate of drug-likeness (QED) is 0.338. The van der Waals surface area contributed by atoms with Crippen molar-refractivity contribution in [3.63, 3.8) is 0 Å². The van der Waals surface area contributed by atoms with Gasteiger partial charge in [0.05, 0.1) is 47.7 Å². The van der Waals surface area contributed by atoms with E-state index in [1.807, 2.05) is 41.8 Å². The van der Waals surface area contributed by atoms with E-state index in [0.717, 1.165) is 28.1 Å². The fraction of sp³-hybridized carbons (Fsp3) is 0.172. The highest BCUT2D eigenvalue weighted by Crippen LogP contribution is 2.36. The van der Waals surface area contributed by atoms with Gasteiger partial charge in [-0.1, -0.05) is 24.3 Å². The largest absolute Gasteiger partial charge is 0.478 e. The van der Waals surface area contributed by atoms with Gasteiger partial charge in [0, 0.05) is 29.1 Å². The molecule has 38 heavy (non-hydrogen) atoms. The number of allylic oxidation sites excluding steroid dienone is 2. The van der Waals surface area contributed by atoms with Crippen LogP contribution in [0.25, 0.3) is 28.5 Å². The highest BCUT2D eigenvalue weighted by atomic mass is 16.5. The van der Waals surface area contributed by atoms with Gasteiger partial charge in [-0.15, -0.1) is 0 Å². The van der Waals surface area contributed by atoms with E-state index in [0.29, 0.717) is 17.0 Å². The molecule has 0 amide bonds. The van der Waals surface area contributed by atoms with Crippen molar-refractivity contribution in [3.8, 4) is 5.69 Å².